The molecule has 112 valence electrons. The minimum atomic E-state index is -4.53. The molecule has 0 radical (unpaired) electrons. The lowest BCUT2D eigenvalue weighted by Crippen LogP contribution is -2.32. The molecule has 0 N–H and O–H groups in total. The Bertz CT molecular complexity index is 851. The molecule has 0 saturated heterocycles. The van der Waals surface area contributed by atoms with Gasteiger partial charge in [0.05, 0.1) is 27.0 Å². The van der Waals surface area contributed by atoms with Crippen molar-refractivity contribution >= 4 is 22.7 Å². The quantitative estimate of drug-likeness (QED) is 0.853. The van der Waals surface area contributed by atoms with Crippen molar-refractivity contribution in [2.24, 2.45) is 0 Å². The van der Waals surface area contributed by atoms with Crippen LogP contribution in [-0.4, -0.2) is 28.4 Å². The molecule has 2 aromatic rings. The molecule has 1 aromatic heterocycles. The molecule has 0 fully saturated rings. The molecule has 0 bridgehead atoms. The Morgan fingerprint density at radius 1 is 1.57 bits per heavy atom. The molecule has 2 heterocycles. The lowest BCUT2D eigenvalue weighted by Gasteiger charge is -2.26. The summed E-state index contributed by atoms with van der Waals surface area (Å²) in [5.41, 5.74) is -1.07. The summed E-state index contributed by atoms with van der Waals surface area (Å²) in [6.07, 6.45) is -3.42. The van der Waals surface area contributed by atoms with Gasteiger partial charge in [-0.15, -0.1) is 11.8 Å². The molecule has 1 aromatic carbocycles. The van der Waals surface area contributed by atoms with E-state index in [2.05, 4.69) is 4.98 Å². The monoisotopic (exact) mass is 319 g/mol. The summed E-state index contributed by atoms with van der Waals surface area (Å²) in [6.45, 7) is -0.109. The summed E-state index contributed by atoms with van der Waals surface area (Å²) in [5.74, 6) is 0. The highest BCUT2D eigenvalue weighted by Gasteiger charge is 2.33. The van der Waals surface area contributed by atoms with Crippen molar-refractivity contribution in [2.45, 2.75) is 22.9 Å². The summed E-state index contributed by atoms with van der Waals surface area (Å²) in [5, 5.41) is -0.298. The van der Waals surface area contributed by atoms with Crippen LogP contribution in [0.3, 0.4) is 0 Å². The smallest absolute Gasteiger partial charge is 0.383 e. The van der Waals surface area contributed by atoms with Gasteiger partial charge in [-0.2, -0.15) is 13.2 Å². The standard InChI is InChI=1S/C13H11F3N2O2S/c1-20-6-9-5-18-11-7(4-17-12(18)19)2-8(13(14,15)16)3-10(11)21-9/h2-4,9H,5-6H2,1H3/i1D3. The predicted molar refractivity (Wildman–Crippen MR) is 72.5 cm³/mol. The number of nitrogens with zero attached hydrogens (tertiary/aromatic N) is 2. The van der Waals surface area contributed by atoms with Crippen LogP contribution in [0.2, 0.25) is 0 Å². The normalized spacial score (nSPS) is 20.9. The van der Waals surface area contributed by atoms with Crippen LogP contribution in [0.25, 0.3) is 10.9 Å². The van der Waals surface area contributed by atoms with Crippen LogP contribution in [0.15, 0.2) is 28.0 Å². The first-order chi connectivity index (χ1) is 11.0. The van der Waals surface area contributed by atoms with Crippen molar-refractivity contribution in [3.63, 3.8) is 0 Å². The number of alkyl halides is 3. The molecule has 1 aliphatic heterocycles. The van der Waals surface area contributed by atoms with Crippen LogP contribution in [0.4, 0.5) is 13.2 Å². The highest BCUT2D eigenvalue weighted by atomic mass is 32.2. The molecule has 0 amide bonds. The number of aromatic nitrogens is 2. The third kappa shape index (κ3) is 2.53. The number of rotatable bonds is 2. The van der Waals surface area contributed by atoms with Gasteiger partial charge < -0.3 is 4.74 Å². The van der Waals surface area contributed by atoms with E-state index in [0.29, 0.717) is 5.52 Å². The van der Waals surface area contributed by atoms with E-state index in [1.807, 2.05) is 0 Å². The summed E-state index contributed by atoms with van der Waals surface area (Å²) in [6, 6.07) is 1.91. The predicted octanol–water partition coefficient (Wildman–Crippen LogP) is 2.54. The van der Waals surface area contributed by atoms with Gasteiger partial charge in [0.25, 0.3) is 0 Å². The van der Waals surface area contributed by atoms with E-state index in [9.17, 15) is 18.0 Å². The summed E-state index contributed by atoms with van der Waals surface area (Å²) >= 11 is 1.07. The number of thioether (sulfide) groups is 1. The average molecular weight is 319 g/mol. The third-order valence-electron chi connectivity index (χ3n) is 3.20. The second-order valence-electron chi connectivity index (χ2n) is 4.61. The van der Waals surface area contributed by atoms with Gasteiger partial charge in [0, 0.05) is 30.1 Å². The average Bonchev–Trinajstić information content (AvgIpc) is 2.46. The number of halogens is 3. The van der Waals surface area contributed by atoms with Gasteiger partial charge in [-0.3, -0.25) is 4.57 Å². The minimum absolute atomic E-state index is 0.113. The van der Waals surface area contributed by atoms with Gasteiger partial charge in [-0.05, 0) is 12.1 Å². The highest BCUT2D eigenvalue weighted by molar-refractivity contribution is 8.00. The van der Waals surface area contributed by atoms with Crippen LogP contribution >= 0.6 is 11.8 Å². The van der Waals surface area contributed by atoms with E-state index in [4.69, 9.17) is 8.85 Å². The number of benzene rings is 1. The highest BCUT2D eigenvalue weighted by Crippen LogP contribution is 2.40. The first kappa shape index (κ1) is 11.1. The van der Waals surface area contributed by atoms with E-state index in [-0.39, 0.29) is 23.4 Å². The number of ether oxygens (including phenoxy) is 1. The molecule has 4 nitrogen and oxygen atoms in total. The fourth-order valence-corrected chi connectivity index (χ4v) is 3.58. The first-order valence-corrected chi connectivity index (χ1v) is 6.84. The van der Waals surface area contributed by atoms with Crippen molar-refractivity contribution < 1.29 is 22.0 Å². The largest absolute Gasteiger partial charge is 0.416 e. The van der Waals surface area contributed by atoms with Crippen molar-refractivity contribution in [3.05, 3.63) is 34.4 Å². The molecule has 21 heavy (non-hydrogen) atoms. The Morgan fingerprint density at radius 3 is 3.10 bits per heavy atom. The van der Waals surface area contributed by atoms with Crippen LogP contribution in [0, 0.1) is 0 Å². The summed E-state index contributed by atoms with van der Waals surface area (Å²) < 4.78 is 66.2. The van der Waals surface area contributed by atoms with Crippen molar-refractivity contribution in [1.29, 1.82) is 0 Å². The number of hydrogen-bond acceptors (Lipinski definition) is 4. The molecular formula is C13H11F3N2O2S. The SMILES string of the molecule is [2H]C([2H])([2H])OCC1Cn2c(=O)ncc3cc(C(F)(F)F)cc(c32)S1. The lowest BCUT2D eigenvalue weighted by molar-refractivity contribution is -0.137. The van der Waals surface area contributed by atoms with Crippen molar-refractivity contribution in [1.82, 2.24) is 9.55 Å². The summed E-state index contributed by atoms with van der Waals surface area (Å²) in [4.78, 5) is 15.8. The van der Waals surface area contributed by atoms with Gasteiger partial charge >= 0.3 is 11.9 Å². The van der Waals surface area contributed by atoms with E-state index >= 15 is 0 Å². The zero-order valence-electron chi connectivity index (χ0n) is 13.5. The first-order valence-electron chi connectivity index (χ1n) is 7.46. The molecule has 1 unspecified atom stereocenters. The molecule has 3 rings (SSSR count). The van der Waals surface area contributed by atoms with Crippen LogP contribution in [0.1, 0.15) is 9.68 Å². The van der Waals surface area contributed by atoms with Gasteiger partial charge in [0.1, 0.15) is 0 Å². The topological polar surface area (TPSA) is 44.1 Å². The Balaban J connectivity index is 2.06. The molecular weight excluding hydrogens is 305 g/mol. The maximum absolute atomic E-state index is 13.0. The second-order valence-corrected chi connectivity index (χ2v) is 5.95. The fourth-order valence-electron chi connectivity index (χ4n) is 2.33. The van der Waals surface area contributed by atoms with Crippen LogP contribution < -0.4 is 5.69 Å². The Hall–Kier alpha value is -1.54. The Labute approximate surface area is 126 Å². The molecule has 0 saturated carbocycles. The molecule has 8 heteroatoms. The van der Waals surface area contributed by atoms with E-state index in [0.717, 1.165) is 30.1 Å². The van der Waals surface area contributed by atoms with Gasteiger partial charge in [-0.1, -0.05) is 0 Å². The van der Waals surface area contributed by atoms with Gasteiger partial charge in [-0.25, -0.2) is 9.78 Å². The Morgan fingerprint density at radius 2 is 2.38 bits per heavy atom. The molecule has 1 aliphatic rings. The van der Waals surface area contributed by atoms with Crippen molar-refractivity contribution in [2.75, 3.05) is 13.6 Å². The van der Waals surface area contributed by atoms with E-state index in [1.54, 1.807) is 0 Å². The fraction of sp³-hybridized carbons (Fsp3) is 0.385. The number of hydrogen-bond donors (Lipinski definition) is 0. The molecule has 0 spiro atoms. The number of methoxy groups -OCH3 is 1. The summed E-state index contributed by atoms with van der Waals surface area (Å²) in [7, 11) is -2.61. The van der Waals surface area contributed by atoms with Crippen molar-refractivity contribution in [3.8, 4) is 0 Å². The zero-order valence-corrected chi connectivity index (χ0v) is 11.3. The van der Waals surface area contributed by atoms with Gasteiger partial charge in [0.15, 0.2) is 0 Å². The zero-order chi connectivity index (χ0) is 17.7. The van der Waals surface area contributed by atoms with Crippen LogP contribution in [-0.2, 0) is 17.5 Å². The lowest BCUT2D eigenvalue weighted by atomic mass is 10.1. The molecule has 1 atom stereocenters. The second kappa shape index (κ2) is 5.03. The van der Waals surface area contributed by atoms with Crippen LogP contribution in [0.5, 0.6) is 0 Å². The third-order valence-corrected chi connectivity index (χ3v) is 4.38. The maximum atomic E-state index is 13.0. The maximum Gasteiger partial charge on any atom is 0.416 e. The van der Waals surface area contributed by atoms with Gasteiger partial charge in [0.2, 0.25) is 0 Å². The molecule has 0 aliphatic carbocycles. The Kier molecular flexibility index (Phi) is 2.65. The van der Waals surface area contributed by atoms with E-state index in [1.165, 1.54) is 4.57 Å². The minimum Gasteiger partial charge on any atom is -0.383 e. The van der Waals surface area contributed by atoms with E-state index < -0.39 is 29.7 Å².